The Labute approximate surface area is 132 Å². The second-order valence-corrected chi connectivity index (χ2v) is 7.94. The Balaban J connectivity index is 3.28. The van der Waals surface area contributed by atoms with Crippen molar-refractivity contribution < 1.29 is 13.2 Å². The minimum Gasteiger partial charge on any atom is -0.338 e. The highest BCUT2D eigenvalue weighted by Gasteiger charge is 2.27. The monoisotopic (exact) mass is 322 g/mol. The van der Waals surface area contributed by atoms with Crippen LogP contribution in [-0.2, 0) is 9.84 Å². The Morgan fingerprint density at radius 2 is 1.86 bits per heavy atom. The van der Waals surface area contributed by atoms with E-state index in [1.165, 1.54) is 17.0 Å². The lowest BCUT2D eigenvalue weighted by molar-refractivity contribution is 0.0749. The number of benzene rings is 1. The first-order valence-corrected chi connectivity index (χ1v) is 8.82. The number of hydrogen-bond donors (Lipinski definition) is 0. The van der Waals surface area contributed by atoms with Crippen LogP contribution in [0.4, 0.5) is 0 Å². The Bertz CT molecular complexity index is 675. The molecule has 1 rings (SSSR count). The van der Waals surface area contributed by atoms with Crippen molar-refractivity contribution in [2.24, 2.45) is 5.92 Å². The summed E-state index contributed by atoms with van der Waals surface area (Å²) in [7, 11) is -3.54. The molecule has 1 amide bonds. The summed E-state index contributed by atoms with van der Waals surface area (Å²) in [6.45, 7) is 7.41. The summed E-state index contributed by atoms with van der Waals surface area (Å²) >= 11 is 0. The van der Waals surface area contributed by atoms with Crippen molar-refractivity contribution in [2.45, 2.75) is 37.8 Å². The van der Waals surface area contributed by atoms with Crippen LogP contribution >= 0.6 is 0 Å². The van der Waals surface area contributed by atoms with Gasteiger partial charge in [-0.05, 0) is 39.8 Å². The van der Waals surface area contributed by atoms with Crippen LogP contribution in [0, 0.1) is 17.2 Å². The van der Waals surface area contributed by atoms with Crippen molar-refractivity contribution in [3.63, 3.8) is 0 Å². The SMILES string of the molecule is CCN(CC(C)C#N)C(=O)c1ccccc1S(=O)(=O)C(C)C. The molecular formula is C16H22N2O3S. The van der Waals surface area contributed by atoms with Crippen LogP contribution in [-0.4, -0.2) is 37.6 Å². The van der Waals surface area contributed by atoms with Gasteiger partial charge in [0.2, 0.25) is 0 Å². The molecule has 0 heterocycles. The number of amides is 1. The predicted octanol–water partition coefficient (Wildman–Crippen LogP) is 2.49. The molecule has 1 unspecified atom stereocenters. The first kappa shape index (κ1) is 18.2. The van der Waals surface area contributed by atoms with E-state index in [9.17, 15) is 13.2 Å². The smallest absolute Gasteiger partial charge is 0.255 e. The number of rotatable bonds is 6. The second-order valence-electron chi connectivity index (χ2n) is 5.46. The predicted molar refractivity (Wildman–Crippen MR) is 85.1 cm³/mol. The van der Waals surface area contributed by atoms with Gasteiger partial charge < -0.3 is 4.90 Å². The number of carbonyl (C=O) groups excluding carboxylic acids is 1. The lowest BCUT2D eigenvalue weighted by Gasteiger charge is -2.23. The van der Waals surface area contributed by atoms with Gasteiger partial charge in [-0.25, -0.2) is 8.42 Å². The van der Waals surface area contributed by atoms with Crippen molar-refractivity contribution in [1.29, 1.82) is 5.26 Å². The van der Waals surface area contributed by atoms with Crippen LogP contribution in [0.2, 0.25) is 0 Å². The molecule has 0 aromatic heterocycles. The molecule has 22 heavy (non-hydrogen) atoms. The third-order valence-corrected chi connectivity index (χ3v) is 5.64. The number of nitriles is 1. The van der Waals surface area contributed by atoms with E-state index in [1.54, 1.807) is 32.9 Å². The second kappa shape index (κ2) is 7.41. The average Bonchev–Trinajstić information content (AvgIpc) is 2.51. The van der Waals surface area contributed by atoms with Crippen LogP contribution < -0.4 is 0 Å². The molecule has 0 aliphatic heterocycles. The maximum atomic E-state index is 12.7. The van der Waals surface area contributed by atoms with Gasteiger partial charge in [-0.15, -0.1) is 0 Å². The highest BCUT2D eigenvalue weighted by Crippen LogP contribution is 2.22. The molecule has 0 aliphatic carbocycles. The van der Waals surface area contributed by atoms with Gasteiger partial charge in [0.1, 0.15) is 0 Å². The van der Waals surface area contributed by atoms with Crippen molar-refractivity contribution in [3.05, 3.63) is 29.8 Å². The molecule has 0 radical (unpaired) electrons. The molecule has 6 heteroatoms. The van der Waals surface area contributed by atoms with E-state index in [2.05, 4.69) is 6.07 Å². The topological polar surface area (TPSA) is 78.2 Å². The molecule has 0 aliphatic rings. The fraction of sp³-hybridized carbons (Fsp3) is 0.500. The molecule has 5 nitrogen and oxygen atoms in total. The molecular weight excluding hydrogens is 300 g/mol. The van der Waals surface area contributed by atoms with Crippen LogP contribution in [0.25, 0.3) is 0 Å². The Kier molecular flexibility index (Phi) is 6.12. The third kappa shape index (κ3) is 3.86. The van der Waals surface area contributed by atoms with Gasteiger partial charge >= 0.3 is 0 Å². The molecule has 0 bridgehead atoms. The van der Waals surface area contributed by atoms with Crippen LogP contribution in [0.5, 0.6) is 0 Å². The number of nitrogens with zero attached hydrogens (tertiary/aromatic N) is 2. The summed E-state index contributed by atoms with van der Waals surface area (Å²) in [4.78, 5) is 14.2. The first-order chi connectivity index (χ1) is 10.3. The Hall–Kier alpha value is -1.87. The van der Waals surface area contributed by atoms with Gasteiger partial charge in [-0.2, -0.15) is 5.26 Å². The zero-order chi connectivity index (χ0) is 16.9. The molecule has 1 aromatic rings. The van der Waals surface area contributed by atoms with E-state index in [0.717, 1.165) is 0 Å². The van der Waals surface area contributed by atoms with E-state index < -0.39 is 15.1 Å². The number of hydrogen-bond acceptors (Lipinski definition) is 4. The maximum absolute atomic E-state index is 12.7. The van der Waals surface area contributed by atoms with Crippen LogP contribution in [0.1, 0.15) is 38.1 Å². The standard InChI is InChI=1S/C16H22N2O3S/c1-5-18(11-13(4)10-17)16(19)14-8-6-7-9-15(14)22(20,21)12(2)3/h6-9,12-13H,5,11H2,1-4H3. The van der Waals surface area contributed by atoms with Crippen molar-refractivity contribution in [1.82, 2.24) is 4.90 Å². The van der Waals surface area contributed by atoms with Crippen molar-refractivity contribution >= 4 is 15.7 Å². The largest absolute Gasteiger partial charge is 0.338 e. The first-order valence-electron chi connectivity index (χ1n) is 7.27. The average molecular weight is 322 g/mol. The van der Waals surface area contributed by atoms with Gasteiger partial charge in [0.15, 0.2) is 9.84 Å². The zero-order valence-corrected chi connectivity index (χ0v) is 14.2. The quantitative estimate of drug-likeness (QED) is 0.806. The van der Waals surface area contributed by atoms with E-state index in [4.69, 9.17) is 5.26 Å². The molecule has 0 spiro atoms. The van der Waals surface area contributed by atoms with E-state index in [1.807, 2.05) is 6.92 Å². The summed E-state index contributed by atoms with van der Waals surface area (Å²) < 4.78 is 24.8. The van der Waals surface area contributed by atoms with Gasteiger partial charge in [0.05, 0.1) is 27.7 Å². The van der Waals surface area contributed by atoms with Crippen LogP contribution in [0.3, 0.4) is 0 Å². The van der Waals surface area contributed by atoms with Crippen molar-refractivity contribution in [2.75, 3.05) is 13.1 Å². The molecule has 120 valence electrons. The lowest BCUT2D eigenvalue weighted by Crippen LogP contribution is -2.35. The maximum Gasteiger partial charge on any atom is 0.255 e. The van der Waals surface area contributed by atoms with Gasteiger partial charge in [-0.3, -0.25) is 4.79 Å². The van der Waals surface area contributed by atoms with E-state index in [0.29, 0.717) is 6.54 Å². The number of sulfone groups is 1. The van der Waals surface area contributed by atoms with Crippen LogP contribution in [0.15, 0.2) is 29.2 Å². The van der Waals surface area contributed by atoms with E-state index >= 15 is 0 Å². The molecule has 0 saturated heterocycles. The minimum atomic E-state index is -3.54. The highest BCUT2D eigenvalue weighted by molar-refractivity contribution is 7.92. The summed E-state index contributed by atoms with van der Waals surface area (Å²) in [5, 5.41) is 8.30. The molecule has 0 fully saturated rings. The molecule has 0 N–H and O–H groups in total. The summed E-state index contributed by atoms with van der Waals surface area (Å²) in [5.74, 6) is -0.665. The fourth-order valence-electron chi connectivity index (χ4n) is 2.04. The minimum absolute atomic E-state index is 0.0538. The summed E-state index contributed by atoms with van der Waals surface area (Å²) in [6.07, 6.45) is 0. The molecule has 1 atom stereocenters. The van der Waals surface area contributed by atoms with E-state index in [-0.39, 0.29) is 28.8 Å². The number of carbonyl (C=O) groups is 1. The Morgan fingerprint density at radius 1 is 1.27 bits per heavy atom. The normalized spacial score (nSPS) is 12.7. The van der Waals surface area contributed by atoms with Gasteiger partial charge in [0.25, 0.3) is 5.91 Å². The fourth-order valence-corrected chi connectivity index (χ4v) is 3.28. The zero-order valence-electron chi connectivity index (χ0n) is 13.4. The van der Waals surface area contributed by atoms with Gasteiger partial charge in [0, 0.05) is 13.1 Å². The third-order valence-electron chi connectivity index (χ3n) is 3.43. The lowest BCUT2D eigenvalue weighted by atomic mass is 10.1. The Morgan fingerprint density at radius 3 is 2.36 bits per heavy atom. The molecule has 0 saturated carbocycles. The summed E-state index contributed by atoms with van der Waals surface area (Å²) in [5.41, 5.74) is 0.170. The molecule has 1 aromatic carbocycles. The summed E-state index contributed by atoms with van der Waals surface area (Å²) in [6, 6.07) is 8.33. The highest BCUT2D eigenvalue weighted by atomic mass is 32.2. The van der Waals surface area contributed by atoms with Gasteiger partial charge in [-0.1, -0.05) is 12.1 Å². The van der Waals surface area contributed by atoms with Crippen molar-refractivity contribution in [3.8, 4) is 6.07 Å².